The van der Waals surface area contributed by atoms with Crippen LogP contribution in [-0.2, 0) is 17.7 Å². The third-order valence-corrected chi connectivity index (χ3v) is 2.97. The molecular weight excluding hydrogens is 233 g/mol. The standard InChI is InChI=1S/C11H12BN3O3/c16-4-3-9-6-15(14-13-9)10-2-1-8-7-18-12(17)11(8)5-10/h1-2,5-6,16-17H,3-4,7H2. The molecule has 0 saturated carbocycles. The Morgan fingerprint density at radius 3 is 3.17 bits per heavy atom. The molecule has 7 heteroatoms. The second-order valence-corrected chi connectivity index (χ2v) is 4.17. The van der Waals surface area contributed by atoms with Crippen LogP contribution in [0.15, 0.2) is 24.4 Å². The summed E-state index contributed by atoms with van der Waals surface area (Å²) in [5, 5.41) is 26.4. The number of hydrogen-bond acceptors (Lipinski definition) is 5. The summed E-state index contributed by atoms with van der Waals surface area (Å²) >= 11 is 0. The fourth-order valence-electron chi connectivity index (χ4n) is 2.00. The van der Waals surface area contributed by atoms with E-state index in [-0.39, 0.29) is 6.61 Å². The van der Waals surface area contributed by atoms with Crippen molar-refractivity contribution in [3.05, 3.63) is 35.7 Å². The lowest BCUT2D eigenvalue weighted by atomic mass is 9.79. The van der Waals surface area contributed by atoms with Crippen molar-refractivity contribution in [2.45, 2.75) is 13.0 Å². The molecule has 1 aliphatic heterocycles. The number of aliphatic hydroxyl groups excluding tert-OH is 1. The van der Waals surface area contributed by atoms with Crippen molar-refractivity contribution in [2.24, 2.45) is 0 Å². The molecule has 92 valence electrons. The molecule has 2 aromatic rings. The summed E-state index contributed by atoms with van der Waals surface area (Å²) in [5.41, 5.74) is 3.30. The number of aliphatic hydroxyl groups is 1. The molecule has 0 amide bonds. The third kappa shape index (κ3) is 1.92. The largest absolute Gasteiger partial charge is 0.491 e. The second-order valence-electron chi connectivity index (χ2n) is 4.17. The number of hydrogen-bond donors (Lipinski definition) is 2. The Kier molecular flexibility index (Phi) is 2.87. The Labute approximate surface area is 104 Å². The van der Waals surface area contributed by atoms with Crippen LogP contribution in [0.3, 0.4) is 0 Å². The van der Waals surface area contributed by atoms with Gasteiger partial charge in [0.2, 0.25) is 0 Å². The van der Waals surface area contributed by atoms with E-state index in [9.17, 15) is 5.02 Å². The molecule has 0 atom stereocenters. The monoisotopic (exact) mass is 245 g/mol. The SMILES string of the molecule is OCCc1cn(-c2ccc3c(c2)B(O)OC3)nn1. The van der Waals surface area contributed by atoms with Crippen LogP contribution in [0.4, 0.5) is 0 Å². The van der Waals surface area contributed by atoms with Crippen LogP contribution in [0, 0.1) is 0 Å². The van der Waals surface area contributed by atoms with Crippen molar-refractivity contribution in [1.29, 1.82) is 0 Å². The van der Waals surface area contributed by atoms with Gasteiger partial charge in [0, 0.05) is 13.0 Å². The van der Waals surface area contributed by atoms with Crippen LogP contribution in [0.2, 0.25) is 0 Å². The number of benzene rings is 1. The molecule has 2 N–H and O–H groups in total. The zero-order valence-corrected chi connectivity index (χ0v) is 9.65. The van der Waals surface area contributed by atoms with E-state index in [1.165, 1.54) is 0 Å². The molecule has 0 radical (unpaired) electrons. The van der Waals surface area contributed by atoms with Gasteiger partial charge < -0.3 is 14.8 Å². The summed E-state index contributed by atoms with van der Waals surface area (Å²) in [4.78, 5) is 0. The predicted molar refractivity (Wildman–Crippen MR) is 64.5 cm³/mol. The minimum absolute atomic E-state index is 0.0510. The van der Waals surface area contributed by atoms with Crippen molar-refractivity contribution in [3.63, 3.8) is 0 Å². The molecule has 6 nitrogen and oxygen atoms in total. The zero-order valence-electron chi connectivity index (χ0n) is 9.65. The molecule has 2 heterocycles. The van der Waals surface area contributed by atoms with Crippen molar-refractivity contribution in [2.75, 3.05) is 6.61 Å². The van der Waals surface area contributed by atoms with Crippen molar-refractivity contribution in [3.8, 4) is 5.69 Å². The smallest absolute Gasteiger partial charge is 0.423 e. The fraction of sp³-hybridized carbons (Fsp3) is 0.273. The van der Waals surface area contributed by atoms with Gasteiger partial charge in [-0.1, -0.05) is 11.3 Å². The Morgan fingerprint density at radius 2 is 2.33 bits per heavy atom. The molecule has 18 heavy (non-hydrogen) atoms. The van der Waals surface area contributed by atoms with E-state index >= 15 is 0 Å². The average molecular weight is 245 g/mol. The van der Waals surface area contributed by atoms with E-state index in [4.69, 9.17) is 9.76 Å². The van der Waals surface area contributed by atoms with Gasteiger partial charge >= 0.3 is 7.12 Å². The maximum Gasteiger partial charge on any atom is 0.491 e. The summed E-state index contributed by atoms with van der Waals surface area (Å²) < 4.78 is 6.76. The van der Waals surface area contributed by atoms with Gasteiger partial charge in [0.1, 0.15) is 0 Å². The molecular formula is C11H12BN3O3. The van der Waals surface area contributed by atoms with E-state index in [1.807, 2.05) is 18.2 Å². The maximum atomic E-state index is 9.64. The number of aromatic nitrogens is 3. The van der Waals surface area contributed by atoms with Gasteiger partial charge in [-0.25, -0.2) is 4.68 Å². The molecule has 0 fully saturated rings. The molecule has 1 aliphatic rings. The van der Waals surface area contributed by atoms with E-state index < -0.39 is 7.12 Å². The molecule has 1 aromatic carbocycles. The fourth-order valence-corrected chi connectivity index (χ4v) is 2.00. The van der Waals surface area contributed by atoms with E-state index in [1.54, 1.807) is 10.9 Å². The first-order valence-corrected chi connectivity index (χ1v) is 5.73. The van der Waals surface area contributed by atoms with Gasteiger partial charge in [0.05, 0.1) is 24.2 Å². The van der Waals surface area contributed by atoms with Gasteiger partial charge in [-0.05, 0) is 23.2 Å². The first-order chi connectivity index (χ1) is 8.78. The molecule has 3 rings (SSSR count). The van der Waals surface area contributed by atoms with Crippen LogP contribution in [0.25, 0.3) is 5.69 Å². The van der Waals surface area contributed by atoms with Crippen molar-refractivity contribution in [1.82, 2.24) is 15.0 Å². The Morgan fingerprint density at radius 1 is 1.44 bits per heavy atom. The van der Waals surface area contributed by atoms with Crippen LogP contribution in [-0.4, -0.2) is 38.8 Å². The first kappa shape index (κ1) is 11.4. The van der Waals surface area contributed by atoms with Gasteiger partial charge in [0.25, 0.3) is 0 Å². The third-order valence-electron chi connectivity index (χ3n) is 2.97. The second kappa shape index (κ2) is 4.53. The van der Waals surface area contributed by atoms with Gasteiger partial charge in [-0.3, -0.25) is 0 Å². The number of rotatable bonds is 3. The Bertz CT molecular complexity index is 572. The normalized spacial score (nSPS) is 14.0. The van der Waals surface area contributed by atoms with Crippen molar-refractivity contribution >= 4 is 12.6 Å². The van der Waals surface area contributed by atoms with E-state index in [0.717, 1.165) is 22.4 Å². The highest BCUT2D eigenvalue weighted by Gasteiger charge is 2.27. The van der Waals surface area contributed by atoms with E-state index in [0.29, 0.717) is 13.0 Å². The Balaban J connectivity index is 1.94. The quantitative estimate of drug-likeness (QED) is 0.679. The predicted octanol–water partition coefficient (Wildman–Crippen LogP) is -0.980. The van der Waals surface area contributed by atoms with E-state index in [2.05, 4.69) is 10.3 Å². The molecule has 1 aromatic heterocycles. The maximum absolute atomic E-state index is 9.64. The molecule has 0 aliphatic carbocycles. The average Bonchev–Trinajstić information content (AvgIpc) is 2.98. The van der Waals surface area contributed by atoms with Crippen LogP contribution < -0.4 is 5.46 Å². The van der Waals surface area contributed by atoms with Crippen LogP contribution in [0.1, 0.15) is 11.3 Å². The Hall–Kier alpha value is -1.70. The minimum Gasteiger partial charge on any atom is -0.423 e. The summed E-state index contributed by atoms with van der Waals surface area (Å²) in [6.45, 7) is 0.485. The first-order valence-electron chi connectivity index (χ1n) is 5.73. The van der Waals surface area contributed by atoms with Crippen LogP contribution in [0.5, 0.6) is 0 Å². The summed E-state index contributed by atoms with van der Waals surface area (Å²) in [6, 6.07) is 5.65. The summed E-state index contributed by atoms with van der Waals surface area (Å²) in [6.07, 6.45) is 2.25. The molecule has 0 bridgehead atoms. The van der Waals surface area contributed by atoms with Gasteiger partial charge in [0.15, 0.2) is 0 Å². The van der Waals surface area contributed by atoms with Crippen molar-refractivity contribution < 1.29 is 14.8 Å². The zero-order chi connectivity index (χ0) is 12.5. The van der Waals surface area contributed by atoms with Gasteiger partial charge in [-0.15, -0.1) is 5.10 Å². The summed E-state index contributed by atoms with van der Waals surface area (Å²) in [7, 11) is -0.861. The highest BCUT2D eigenvalue weighted by molar-refractivity contribution is 6.61. The molecule has 0 saturated heterocycles. The minimum atomic E-state index is -0.861. The topological polar surface area (TPSA) is 80.4 Å². The molecule has 0 unspecified atom stereocenters. The number of fused-ring (bicyclic) bond motifs is 1. The summed E-state index contributed by atoms with van der Waals surface area (Å²) in [5.74, 6) is 0. The molecule has 0 spiro atoms. The lowest BCUT2D eigenvalue weighted by Gasteiger charge is -2.03. The highest BCUT2D eigenvalue weighted by Crippen LogP contribution is 2.13. The lowest BCUT2D eigenvalue weighted by Crippen LogP contribution is -2.28. The van der Waals surface area contributed by atoms with Gasteiger partial charge in [-0.2, -0.15) is 0 Å². The highest BCUT2D eigenvalue weighted by atomic mass is 16.5. The van der Waals surface area contributed by atoms with Crippen LogP contribution >= 0.6 is 0 Å². The lowest BCUT2D eigenvalue weighted by molar-refractivity contribution is 0.275. The number of nitrogens with zero attached hydrogens (tertiary/aromatic N) is 3.